The van der Waals surface area contributed by atoms with Gasteiger partial charge in [-0.15, -0.1) is 6.42 Å². The number of imidazole rings is 1. The molecule has 0 radical (unpaired) electrons. The summed E-state index contributed by atoms with van der Waals surface area (Å²) in [6.45, 7) is 1.75. The number of aryl methyl sites for hydroxylation is 1. The number of amides is 1. The number of carbonyl (C=O) groups is 3. The number of aromatic nitrogens is 2. The third-order valence-electron chi connectivity index (χ3n) is 5.88. The number of primary amides is 1. The van der Waals surface area contributed by atoms with Crippen molar-refractivity contribution < 1.29 is 24.2 Å². The highest BCUT2D eigenvalue weighted by molar-refractivity contribution is 6.06. The number of rotatable bonds is 10. The summed E-state index contributed by atoms with van der Waals surface area (Å²) in [4.78, 5) is 41.8. The minimum atomic E-state index is -2.39. The van der Waals surface area contributed by atoms with Crippen LogP contribution >= 0.6 is 0 Å². The molecule has 2 unspecified atom stereocenters. The molecule has 0 saturated heterocycles. The van der Waals surface area contributed by atoms with Crippen molar-refractivity contribution in [3.05, 3.63) is 59.4 Å². The van der Waals surface area contributed by atoms with E-state index in [-0.39, 0.29) is 18.0 Å². The smallest absolute Gasteiger partial charge is 0.327 e. The fourth-order valence-electron chi connectivity index (χ4n) is 3.98. The molecule has 0 spiro atoms. The van der Waals surface area contributed by atoms with Crippen molar-refractivity contribution in [3.8, 4) is 12.3 Å². The second kappa shape index (κ2) is 10.2. The summed E-state index contributed by atoms with van der Waals surface area (Å²) >= 11 is 0. The third kappa shape index (κ3) is 4.56. The molecule has 1 heterocycles. The van der Waals surface area contributed by atoms with E-state index in [9.17, 15) is 19.5 Å². The van der Waals surface area contributed by atoms with Crippen LogP contribution in [-0.4, -0.2) is 44.9 Å². The molecule has 0 fully saturated rings. The van der Waals surface area contributed by atoms with E-state index in [0.29, 0.717) is 29.0 Å². The molecule has 0 saturated carbocycles. The summed E-state index contributed by atoms with van der Waals surface area (Å²) in [5.41, 5.74) is 11.0. The first kappa shape index (κ1) is 25.8. The van der Waals surface area contributed by atoms with Gasteiger partial charge in [-0.25, -0.2) is 4.98 Å². The first-order chi connectivity index (χ1) is 17.1. The predicted molar refractivity (Wildman–Crippen MR) is 133 cm³/mol. The molecule has 11 nitrogen and oxygen atoms in total. The topological polar surface area (TPSA) is 186 Å². The second-order valence-corrected chi connectivity index (χ2v) is 7.98. The van der Waals surface area contributed by atoms with Crippen LogP contribution in [0.3, 0.4) is 0 Å². The van der Waals surface area contributed by atoms with E-state index in [2.05, 4.69) is 16.2 Å². The molecule has 36 heavy (non-hydrogen) atoms. The fourth-order valence-corrected chi connectivity index (χ4v) is 3.98. The largest absolute Gasteiger partial charge is 0.480 e. The molecule has 11 heteroatoms. The second-order valence-electron chi connectivity index (χ2n) is 7.98. The summed E-state index contributed by atoms with van der Waals surface area (Å²) < 4.78 is 6.72. The Kier molecular flexibility index (Phi) is 7.29. The number of fused-ring (bicyclic) bond motifs is 1. The van der Waals surface area contributed by atoms with Crippen LogP contribution in [0.4, 0.5) is 5.69 Å². The Morgan fingerprint density at radius 1 is 1.25 bits per heavy atom. The quantitative estimate of drug-likeness (QED) is 0.0918. The standard InChI is InChI=1S/C25H26N6O5/c1-4-25(24(34)35,20(22(28)32)23(33)36-5-2)15-8-11-18-17(12-15)30-19(31(18)3)13-29-16-9-6-14(7-10-16)21(26)27/h1,6-12,20,29H,5,13H2,2-3H3,(H3,26,27)(H2,28,32)(H,34,35). The molecule has 1 aromatic heterocycles. The van der Waals surface area contributed by atoms with Crippen molar-refractivity contribution in [3.63, 3.8) is 0 Å². The fraction of sp³-hybridized carbons (Fsp3) is 0.240. The first-order valence-electron chi connectivity index (χ1n) is 10.9. The van der Waals surface area contributed by atoms with Crippen LogP contribution in [0.1, 0.15) is 23.9 Å². The number of carboxylic acid groups (broad SMARTS) is 1. The summed E-state index contributed by atoms with van der Waals surface area (Å²) in [6, 6.07) is 11.5. The minimum Gasteiger partial charge on any atom is -0.480 e. The van der Waals surface area contributed by atoms with Crippen LogP contribution in [-0.2, 0) is 38.1 Å². The van der Waals surface area contributed by atoms with E-state index in [4.69, 9.17) is 28.0 Å². The lowest BCUT2D eigenvalue weighted by molar-refractivity contribution is -0.160. The molecular formula is C25H26N6O5. The van der Waals surface area contributed by atoms with E-state index in [0.717, 1.165) is 5.69 Å². The predicted octanol–water partition coefficient (Wildman–Crippen LogP) is 1.09. The minimum absolute atomic E-state index is 0.000663. The lowest BCUT2D eigenvalue weighted by atomic mass is 9.70. The normalized spacial score (nSPS) is 13.2. The highest BCUT2D eigenvalue weighted by Gasteiger charge is 2.54. The van der Waals surface area contributed by atoms with Gasteiger partial charge in [0.05, 0.1) is 24.2 Å². The van der Waals surface area contributed by atoms with Gasteiger partial charge in [0.2, 0.25) is 5.91 Å². The van der Waals surface area contributed by atoms with Gasteiger partial charge in [0, 0.05) is 18.3 Å². The van der Waals surface area contributed by atoms with Gasteiger partial charge in [-0.3, -0.25) is 19.8 Å². The molecule has 186 valence electrons. The van der Waals surface area contributed by atoms with Crippen LogP contribution in [0.15, 0.2) is 42.5 Å². The number of hydrogen-bond acceptors (Lipinski definition) is 7. The number of hydrogen-bond donors (Lipinski definition) is 5. The number of aliphatic carboxylic acids is 1. The summed E-state index contributed by atoms with van der Waals surface area (Å²) in [5.74, 6) is -3.15. The van der Waals surface area contributed by atoms with E-state index >= 15 is 0 Å². The van der Waals surface area contributed by atoms with Crippen LogP contribution in [0, 0.1) is 23.7 Å². The molecule has 7 N–H and O–H groups in total. The molecule has 0 aliphatic rings. The summed E-state index contributed by atoms with van der Waals surface area (Å²) in [6.07, 6.45) is 5.63. The molecule has 0 aliphatic heterocycles. The average Bonchev–Trinajstić information content (AvgIpc) is 3.15. The van der Waals surface area contributed by atoms with Gasteiger partial charge in [-0.1, -0.05) is 12.0 Å². The van der Waals surface area contributed by atoms with Crippen molar-refractivity contribution in [1.82, 2.24) is 9.55 Å². The Morgan fingerprint density at radius 2 is 1.92 bits per heavy atom. The number of esters is 1. The number of ether oxygens (including phenoxy) is 1. The average molecular weight is 491 g/mol. The number of nitrogen functional groups attached to an aromatic ring is 1. The SMILES string of the molecule is C#CC(C(=O)O)(c1ccc2c(c1)nc(CNc1ccc(C(=N)N)cc1)n2C)C(C(N)=O)C(=O)OCC. The van der Waals surface area contributed by atoms with Gasteiger partial charge >= 0.3 is 11.9 Å². The van der Waals surface area contributed by atoms with E-state index in [1.54, 1.807) is 37.4 Å². The van der Waals surface area contributed by atoms with Crippen LogP contribution < -0.4 is 16.8 Å². The van der Waals surface area contributed by atoms with Crippen molar-refractivity contribution in [1.29, 1.82) is 5.41 Å². The molecule has 0 aliphatic carbocycles. The lowest BCUT2D eigenvalue weighted by Gasteiger charge is -2.29. The maximum Gasteiger partial charge on any atom is 0.327 e. The maximum atomic E-state index is 12.5. The van der Waals surface area contributed by atoms with Gasteiger partial charge in [0.15, 0.2) is 11.3 Å². The Morgan fingerprint density at radius 3 is 2.44 bits per heavy atom. The zero-order valence-corrected chi connectivity index (χ0v) is 19.7. The number of benzene rings is 2. The molecule has 0 bridgehead atoms. The molecule has 3 aromatic rings. The van der Waals surface area contributed by atoms with Gasteiger partial charge in [0.25, 0.3) is 0 Å². The highest BCUT2D eigenvalue weighted by atomic mass is 16.5. The Bertz CT molecular complexity index is 1390. The number of nitrogens with two attached hydrogens (primary N) is 2. The summed E-state index contributed by atoms with van der Waals surface area (Å²) in [7, 11) is 1.79. The van der Waals surface area contributed by atoms with E-state index < -0.39 is 29.2 Å². The number of terminal acetylenes is 1. The third-order valence-corrected chi connectivity index (χ3v) is 5.88. The van der Waals surface area contributed by atoms with Crippen molar-refractivity contribution >= 4 is 40.4 Å². The number of amidine groups is 1. The number of carboxylic acids is 1. The van der Waals surface area contributed by atoms with Gasteiger partial charge < -0.3 is 31.2 Å². The number of anilines is 1. The Balaban J connectivity index is 2.01. The van der Waals surface area contributed by atoms with Crippen molar-refractivity contribution in [2.75, 3.05) is 11.9 Å². The van der Waals surface area contributed by atoms with E-state index in [1.807, 2.05) is 4.57 Å². The zero-order chi connectivity index (χ0) is 26.6. The van der Waals surface area contributed by atoms with E-state index in [1.165, 1.54) is 19.1 Å². The van der Waals surface area contributed by atoms with Gasteiger partial charge in [0.1, 0.15) is 11.7 Å². The molecule has 2 atom stereocenters. The molecule has 2 aromatic carbocycles. The molecule has 1 amide bonds. The monoisotopic (exact) mass is 490 g/mol. The zero-order valence-electron chi connectivity index (χ0n) is 19.7. The lowest BCUT2D eigenvalue weighted by Crippen LogP contribution is -2.52. The number of carbonyl (C=O) groups excluding carboxylic acids is 2. The summed E-state index contributed by atoms with van der Waals surface area (Å²) in [5, 5.41) is 20.8. The molecule has 3 rings (SSSR count). The first-order valence-corrected chi connectivity index (χ1v) is 10.9. The van der Waals surface area contributed by atoms with Crippen LogP contribution in [0.25, 0.3) is 11.0 Å². The van der Waals surface area contributed by atoms with Crippen LogP contribution in [0.5, 0.6) is 0 Å². The van der Waals surface area contributed by atoms with Crippen molar-refractivity contribution in [2.45, 2.75) is 18.9 Å². The number of nitrogens with zero attached hydrogens (tertiary/aromatic N) is 2. The Labute approximate surface area is 206 Å². The Hall–Kier alpha value is -4.85. The van der Waals surface area contributed by atoms with Crippen molar-refractivity contribution in [2.24, 2.45) is 24.4 Å². The number of nitrogens with one attached hydrogen (secondary N) is 2. The maximum absolute atomic E-state index is 12.5. The van der Waals surface area contributed by atoms with Crippen LogP contribution in [0.2, 0.25) is 0 Å². The highest BCUT2D eigenvalue weighted by Crippen LogP contribution is 2.35. The van der Waals surface area contributed by atoms with Gasteiger partial charge in [-0.05, 0) is 48.9 Å². The van der Waals surface area contributed by atoms with Gasteiger partial charge in [-0.2, -0.15) is 0 Å². The molecular weight excluding hydrogens is 464 g/mol.